The lowest BCUT2D eigenvalue weighted by Gasteiger charge is -2.32. The summed E-state index contributed by atoms with van der Waals surface area (Å²) in [6, 6.07) is 5.80. The summed E-state index contributed by atoms with van der Waals surface area (Å²) in [5.41, 5.74) is 2.41. The predicted octanol–water partition coefficient (Wildman–Crippen LogP) is 3.41. The first-order valence-electron chi connectivity index (χ1n) is 9.19. The first-order chi connectivity index (χ1) is 11.6. The lowest BCUT2D eigenvalue weighted by atomic mass is 9.85. The second kappa shape index (κ2) is 7.43. The molecule has 0 unspecified atom stereocenters. The van der Waals surface area contributed by atoms with Crippen LogP contribution in [0.2, 0.25) is 0 Å². The van der Waals surface area contributed by atoms with E-state index < -0.39 is 5.60 Å². The van der Waals surface area contributed by atoms with Gasteiger partial charge in [0.05, 0.1) is 5.60 Å². The lowest BCUT2D eigenvalue weighted by Crippen LogP contribution is -2.45. The zero-order valence-electron chi connectivity index (χ0n) is 14.6. The molecule has 1 aromatic carbocycles. The molecule has 1 aromatic rings. The molecule has 5 nitrogen and oxygen atoms in total. The molecule has 1 saturated carbocycles. The Kier molecular flexibility index (Phi) is 5.29. The number of amides is 2. The van der Waals surface area contributed by atoms with Crippen molar-refractivity contribution in [2.75, 3.05) is 29.9 Å². The van der Waals surface area contributed by atoms with Gasteiger partial charge in [0.25, 0.3) is 0 Å². The highest BCUT2D eigenvalue weighted by Crippen LogP contribution is 2.30. The number of carbonyl (C=O) groups is 1. The fraction of sp³-hybridized carbons (Fsp3) is 0.632. The van der Waals surface area contributed by atoms with Crippen molar-refractivity contribution in [1.82, 2.24) is 5.32 Å². The molecule has 24 heavy (non-hydrogen) atoms. The molecule has 1 saturated heterocycles. The van der Waals surface area contributed by atoms with E-state index in [4.69, 9.17) is 0 Å². The van der Waals surface area contributed by atoms with Gasteiger partial charge in [0.1, 0.15) is 0 Å². The topological polar surface area (TPSA) is 64.6 Å². The molecule has 1 aliphatic heterocycles. The summed E-state index contributed by atoms with van der Waals surface area (Å²) < 4.78 is 0. The molecule has 2 aliphatic rings. The van der Waals surface area contributed by atoms with E-state index in [0.29, 0.717) is 6.54 Å². The van der Waals surface area contributed by atoms with Crippen molar-refractivity contribution in [3.05, 3.63) is 23.8 Å². The molecule has 0 aromatic heterocycles. The third-order valence-electron chi connectivity index (χ3n) is 5.36. The normalized spacial score (nSPS) is 20.0. The number of aliphatic hydroxyl groups is 1. The fourth-order valence-electron chi connectivity index (χ4n) is 3.86. The molecule has 132 valence electrons. The number of urea groups is 1. The van der Waals surface area contributed by atoms with Crippen LogP contribution in [0.4, 0.5) is 16.2 Å². The van der Waals surface area contributed by atoms with Crippen LogP contribution in [-0.4, -0.2) is 36.4 Å². The molecular weight excluding hydrogens is 302 g/mol. The van der Waals surface area contributed by atoms with Crippen molar-refractivity contribution in [2.45, 2.75) is 57.5 Å². The minimum atomic E-state index is -0.734. The van der Waals surface area contributed by atoms with E-state index in [1.807, 2.05) is 12.1 Å². The molecule has 5 heteroatoms. The third kappa shape index (κ3) is 4.01. The number of nitrogens with one attached hydrogen (secondary N) is 2. The van der Waals surface area contributed by atoms with Gasteiger partial charge in [-0.05, 0) is 50.3 Å². The summed E-state index contributed by atoms with van der Waals surface area (Å²) in [6.07, 6.45) is 7.27. The summed E-state index contributed by atoms with van der Waals surface area (Å²) in [7, 11) is 0. The number of carbonyl (C=O) groups excluding carboxylic acids is 1. The Morgan fingerprint density at radius 1 is 1.17 bits per heavy atom. The standard InChI is InChI=1S/C19H29N3O2/c1-15-16(8-7-9-17(15)22-12-5-6-13-22)21-18(23)20-14-19(24)10-3-2-4-11-19/h7-9,24H,2-6,10-14H2,1H3,(H2,20,21,23). The Morgan fingerprint density at radius 3 is 2.58 bits per heavy atom. The fourth-order valence-corrected chi connectivity index (χ4v) is 3.86. The van der Waals surface area contributed by atoms with Crippen LogP contribution in [0, 0.1) is 6.92 Å². The maximum Gasteiger partial charge on any atom is 0.319 e. The highest BCUT2D eigenvalue weighted by atomic mass is 16.3. The van der Waals surface area contributed by atoms with Gasteiger partial charge in [0, 0.05) is 31.0 Å². The van der Waals surface area contributed by atoms with Crippen molar-refractivity contribution >= 4 is 17.4 Å². The number of nitrogens with zero attached hydrogens (tertiary/aromatic N) is 1. The van der Waals surface area contributed by atoms with Crippen LogP contribution in [0.15, 0.2) is 18.2 Å². The summed E-state index contributed by atoms with van der Waals surface area (Å²) in [5, 5.41) is 16.3. The number of rotatable bonds is 4. The second-order valence-electron chi connectivity index (χ2n) is 7.24. The van der Waals surface area contributed by atoms with Crippen LogP contribution in [0.25, 0.3) is 0 Å². The number of anilines is 2. The highest BCUT2D eigenvalue weighted by Gasteiger charge is 2.29. The van der Waals surface area contributed by atoms with Gasteiger partial charge < -0.3 is 20.6 Å². The van der Waals surface area contributed by atoms with E-state index in [9.17, 15) is 9.90 Å². The molecule has 1 aliphatic carbocycles. The van der Waals surface area contributed by atoms with Crippen molar-refractivity contribution in [3.63, 3.8) is 0 Å². The minimum Gasteiger partial charge on any atom is -0.388 e. The van der Waals surface area contributed by atoms with Crippen LogP contribution in [0.1, 0.15) is 50.5 Å². The Labute approximate surface area is 144 Å². The first kappa shape index (κ1) is 17.1. The molecule has 2 amide bonds. The van der Waals surface area contributed by atoms with Crippen LogP contribution in [-0.2, 0) is 0 Å². The molecule has 0 spiro atoms. The molecule has 2 fully saturated rings. The Morgan fingerprint density at radius 2 is 1.88 bits per heavy atom. The molecule has 1 heterocycles. The van der Waals surface area contributed by atoms with E-state index in [-0.39, 0.29) is 6.03 Å². The van der Waals surface area contributed by atoms with Crippen molar-refractivity contribution < 1.29 is 9.90 Å². The van der Waals surface area contributed by atoms with Crippen molar-refractivity contribution in [2.24, 2.45) is 0 Å². The van der Waals surface area contributed by atoms with Gasteiger partial charge in [-0.3, -0.25) is 0 Å². The molecule has 3 rings (SSSR count). The Hall–Kier alpha value is -1.75. The average Bonchev–Trinajstić information content (AvgIpc) is 3.10. The van der Waals surface area contributed by atoms with E-state index in [2.05, 4.69) is 28.5 Å². The summed E-state index contributed by atoms with van der Waals surface area (Å²) in [6.45, 7) is 4.55. The van der Waals surface area contributed by atoms with Crippen molar-refractivity contribution in [3.8, 4) is 0 Å². The van der Waals surface area contributed by atoms with Gasteiger partial charge in [-0.15, -0.1) is 0 Å². The molecule has 0 atom stereocenters. The Bertz CT molecular complexity index is 576. The van der Waals surface area contributed by atoms with Gasteiger partial charge in [0.2, 0.25) is 0 Å². The zero-order chi connectivity index (χ0) is 17.0. The van der Waals surface area contributed by atoms with Crippen LogP contribution in [0.5, 0.6) is 0 Å². The van der Waals surface area contributed by atoms with Gasteiger partial charge in [0.15, 0.2) is 0 Å². The summed E-state index contributed by atoms with van der Waals surface area (Å²) in [5.74, 6) is 0. The quantitative estimate of drug-likeness (QED) is 0.792. The third-order valence-corrected chi connectivity index (χ3v) is 5.36. The minimum absolute atomic E-state index is 0.240. The zero-order valence-corrected chi connectivity index (χ0v) is 14.6. The van der Waals surface area contributed by atoms with Crippen molar-refractivity contribution in [1.29, 1.82) is 0 Å². The number of benzene rings is 1. The van der Waals surface area contributed by atoms with Gasteiger partial charge in [-0.1, -0.05) is 25.3 Å². The molecule has 3 N–H and O–H groups in total. The Balaban J connectivity index is 1.59. The van der Waals surface area contributed by atoms with Gasteiger partial charge in [-0.25, -0.2) is 4.79 Å². The summed E-state index contributed by atoms with van der Waals surface area (Å²) in [4.78, 5) is 14.6. The smallest absolute Gasteiger partial charge is 0.319 e. The number of hydrogen-bond donors (Lipinski definition) is 3. The van der Waals surface area contributed by atoms with Crippen LogP contribution < -0.4 is 15.5 Å². The molecule has 0 radical (unpaired) electrons. The van der Waals surface area contributed by atoms with E-state index in [1.54, 1.807) is 0 Å². The van der Waals surface area contributed by atoms with E-state index in [0.717, 1.165) is 50.0 Å². The van der Waals surface area contributed by atoms with E-state index >= 15 is 0 Å². The largest absolute Gasteiger partial charge is 0.388 e. The summed E-state index contributed by atoms with van der Waals surface area (Å²) >= 11 is 0. The van der Waals surface area contributed by atoms with Crippen LogP contribution >= 0.6 is 0 Å². The SMILES string of the molecule is Cc1c(NC(=O)NCC2(O)CCCCC2)cccc1N1CCCC1. The highest BCUT2D eigenvalue weighted by molar-refractivity contribution is 5.91. The lowest BCUT2D eigenvalue weighted by molar-refractivity contribution is 0.00755. The second-order valence-corrected chi connectivity index (χ2v) is 7.24. The monoisotopic (exact) mass is 331 g/mol. The van der Waals surface area contributed by atoms with Crippen LogP contribution in [0.3, 0.4) is 0 Å². The molecular formula is C19H29N3O2. The maximum atomic E-state index is 12.2. The maximum absolute atomic E-state index is 12.2. The molecule has 0 bridgehead atoms. The number of hydrogen-bond acceptors (Lipinski definition) is 3. The van der Waals surface area contributed by atoms with Gasteiger partial charge >= 0.3 is 6.03 Å². The predicted molar refractivity (Wildman–Crippen MR) is 97.7 cm³/mol. The van der Waals surface area contributed by atoms with Gasteiger partial charge in [-0.2, -0.15) is 0 Å². The average molecular weight is 331 g/mol. The van der Waals surface area contributed by atoms with E-state index in [1.165, 1.54) is 24.9 Å². The first-order valence-corrected chi connectivity index (χ1v) is 9.19.